The standard InChI is InChI=1S/C20H35NS/c1-3-4-5-6-7-8-9-10-11-12-15-21-16-13-19-14-17-22-20(19)18(21)2/h14,17-18H,3-13,15-16H2,1-2H3. The summed E-state index contributed by atoms with van der Waals surface area (Å²) >= 11 is 1.95. The van der Waals surface area contributed by atoms with E-state index in [1.807, 2.05) is 11.3 Å². The van der Waals surface area contributed by atoms with Crippen LogP contribution in [0.2, 0.25) is 0 Å². The number of unbranched alkanes of at least 4 members (excludes halogenated alkanes) is 9. The smallest absolute Gasteiger partial charge is 0.0416 e. The van der Waals surface area contributed by atoms with Gasteiger partial charge in [-0.1, -0.05) is 64.7 Å². The highest BCUT2D eigenvalue weighted by Gasteiger charge is 2.23. The van der Waals surface area contributed by atoms with Gasteiger partial charge in [0.05, 0.1) is 0 Å². The quantitative estimate of drug-likeness (QED) is 0.416. The maximum absolute atomic E-state index is 2.70. The van der Waals surface area contributed by atoms with E-state index in [9.17, 15) is 0 Å². The summed E-state index contributed by atoms with van der Waals surface area (Å²) in [6.07, 6.45) is 15.6. The third-order valence-electron chi connectivity index (χ3n) is 5.18. The molecule has 0 N–H and O–H groups in total. The molecule has 0 amide bonds. The molecule has 22 heavy (non-hydrogen) atoms. The fourth-order valence-electron chi connectivity index (χ4n) is 3.65. The van der Waals surface area contributed by atoms with E-state index in [1.165, 1.54) is 83.7 Å². The zero-order chi connectivity index (χ0) is 15.6. The van der Waals surface area contributed by atoms with E-state index in [2.05, 4.69) is 30.2 Å². The maximum Gasteiger partial charge on any atom is 0.0416 e. The molecule has 2 heterocycles. The molecule has 1 aliphatic heterocycles. The monoisotopic (exact) mass is 321 g/mol. The van der Waals surface area contributed by atoms with E-state index in [0.29, 0.717) is 6.04 Å². The molecule has 0 spiro atoms. The first-order chi connectivity index (χ1) is 10.8. The molecule has 1 aromatic heterocycles. The highest BCUT2D eigenvalue weighted by Crippen LogP contribution is 2.33. The minimum absolute atomic E-state index is 0.655. The van der Waals surface area contributed by atoms with Crippen LogP contribution in [-0.4, -0.2) is 18.0 Å². The Hall–Kier alpha value is -0.340. The molecule has 1 aliphatic rings. The molecule has 0 saturated heterocycles. The Morgan fingerprint density at radius 1 is 1.00 bits per heavy atom. The Morgan fingerprint density at radius 3 is 2.32 bits per heavy atom. The van der Waals surface area contributed by atoms with Gasteiger partial charge in [0, 0.05) is 17.5 Å². The highest BCUT2D eigenvalue weighted by molar-refractivity contribution is 7.10. The molecule has 2 rings (SSSR count). The topological polar surface area (TPSA) is 3.24 Å². The summed E-state index contributed by atoms with van der Waals surface area (Å²) in [6, 6.07) is 2.98. The predicted molar refractivity (Wildman–Crippen MR) is 99.9 cm³/mol. The van der Waals surface area contributed by atoms with Crippen molar-refractivity contribution in [2.45, 2.75) is 90.5 Å². The second kappa shape index (κ2) is 10.4. The van der Waals surface area contributed by atoms with Gasteiger partial charge in [-0.3, -0.25) is 4.90 Å². The fraction of sp³-hybridized carbons (Fsp3) is 0.800. The van der Waals surface area contributed by atoms with Crippen LogP contribution in [0.5, 0.6) is 0 Å². The summed E-state index contributed by atoms with van der Waals surface area (Å²) in [5, 5.41) is 2.27. The average Bonchev–Trinajstić information content (AvgIpc) is 3.00. The van der Waals surface area contributed by atoms with E-state index >= 15 is 0 Å². The van der Waals surface area contributed by atoms with Gasteiger partial charge in [0.2, 0.25) is 0 Å². The lowest BCUT2D eigenvalue weighted by Gasteiger charge is -2.33. The van der Waals surface area contributed by atoms with Crippen molar-refractivity contribution in [1.82, 2.24) is 4.90 Å². The second-order valence-corrected chi connectivity index (χ2v) is 7.90. The zero-order valence-electron chi connectivity index (χ0n) is 14.8. The summed E-state index contributed by atoms with van der Waals surface area (Å²) in [7, 11) is 0. The molecule has 1 unspecified atom stereocenters. The Kier molecular flexibility index (Phi) is 8.54. The average molecular weight is 322 g/mol. The van der Waals surface area contributed by atoms with Gasteiger partial charge >= 0.3 is 0 Å². The Morgan fingerprint density at radius 2 is 1.64 bits per heavy atom. The van der Waals surface area contributed by atoms with E-state index in [0.717, 1.165) is 0 Å². The van der Waals surface area contributed by atoms with Crippen molar-refractivity contribution in [1.29, 1.82) is 0 Å². The lowest BCUT2D eigenvalue weighted by atomic mass is 10.0. The van der Waals surface area contributed by atoms with Gasteiger partial charge in [-0.2, -0.15) is 0 Å². The van der Waals surface area contributed by atoms with E-state index in [-0.39, 0.29) is 0 Å². The van der Waals surface area contributed by atoms with Gasteiger partial charge in [0.25, 0.3) is 0 Å². The molecular formula is C20H35NS. The molecule has 126 valence electrons. The van der Waals surface area contributed by atoms with Gasteiger partial charge in [-0.25, -0.2) is 0 Å². The number of hydrogen-bond acceptors (Lipinski definition) is 2. The summed E-state index contributed by atoms with van der Waals surface area (Å²) in [5.74, 6) is 0. The van der Waals surface area contributed by atoms with Crippen LogP contribution in [0, 0.1) is 0 Å². The predicted octanol–water partition coefficient (Wildman–Crippen LogP) is 6.59. The first kappa shape index (κ1) is 18.0. The van der Waals surface area contributed by atoms with Crippen LogP contribution in [-0.2, 0) is 6.42 Å². The number of rotatable bonds is 11. The molecule has 2 heteroatoms. The Labute approximate surface area is 142 Å². The van der Waals surface area contributed by atoms with Crippen molar-refractivity contribution in [3.05, 3.63) is 21.9 Å². The van der Waals surface area contributed by atoms with Crippen molar-refractivity contribution in [2.75, 3.05) is 13.1 Å². The van der Waals surface area contributed by atoms with Crippen LogP contribution < -0.4 is 0 Å². The van der Waals surface area contributed by atoms with Crippen LogP contribution in [0.4, 0.5) is 0 Å². The van der Waals surface area contributed by atoms with Crippen molar-refractivity contribution in [2.24, 2.45) is 0 Å². The van der Waals surface area contributed by atoms with Crippen LogP contribution in [0.15, 0.2) is 11.4 Å². The highest BCUT2D eigenvalue weighted by atomic mass is 32.1. The lowest BCUT2D eigenvalue weighted by molar-refractivity contribution is 0.197. The third kappa shape index (κ3) is 5.70. The summed E-state index contributed by atoms with van der Waals surface area (Å²) < 4.78 is 0. The Bertz CT molecular complexity index is 398. The van der Waals surface area contributed by atoms with E-state index in [1.54, 1.807) is 10.4 Å². The molecule has 0 fully saturated rings. The van der Waals surface area contributed by atoms with Crippen molar-refractivity contribution < 1.29 is 0 Å². The maximum atomic E-state index is 2.70. The summed E-state index contributed by atoms with van der Waals surface area (Å²) in [4.78, 5) is 4.32. The minimum atomic E-state index is 0.655. The lowest BCUT2D eigenvalue weighted by Crippen LogP contribution is -2.33. The van der Waals surface area contributed by atoms with Crippen LogP contribution >= 0.6 is 11.3 Å². The van der Waals surface area contributed by atoms with Crippen molar-refractivity contribution >= 4 is 11.3 Å². The summed E-state index contributed by atoms with van der Waals surface area (Å²) in [6.45, 7) is 7.25. The summed E-state index contributed by atoms with van der Waals surface area (Å²) in [5.41, 5.74) is 1.61. The largest absolute Gasteiger partial charge is 0.295 e. The molecule has 0 bridgehead atoms. The first-order valence-electron chi connectivity index (χ1n) is 9.63. The third-order valence-corrected chi connectivity index (χ3v) is 6.30. The second-order valence-electron chi connectivity index (χ2n) is 6.95. The molecule has 1 aromatic rings. The normalized spacial score (nSPS) is 18.5. The first-order valence-corrected chi connectivity index (χ1v) is 10.5. The van der Waals surface area contributed by atoms with E-state index in [4.69, 9.17) is 0 Å². The van der Waals surface area contributed by atoms with Gasteiger partial charge in [-0.05, 0) is 43.3 Å². The van der Waals surface area contributed by atoms with Crippen molar-refractivity contribution in [3.63, 3.8) is 0 Å². The molecule has 0 aliphatic carbocycles. The fourth-order valence-corrected chi connectivity index (χ4v) is 4.70. The van der Waals surface area contributed by atoms with Gasteiger partial charge < -0.3 is 0 Å². The number of thiophene rings is 1. The molecule has 0 radical (unpaired) electrons. The SMILES string of the molecule is CCCCCCCCCCCCN1CCc2ccsc2C1C. The number of fused-ring (bicyclic) bond motifs is 1. The molecule has 0 saturated carbocycles. The number of hydrogen-bond donors (Lipinski definition) is 0. The van der Waals surface area contributed by atoms with Gasteiger partial charge in [0.15, 0.2) is 0 Å². The molecule has 0 aromatic carbocycles. The molecule has 1 atom stereocenters. The van der Waals surface area contributed by atoms with E-state index < -0.39 is 0 Å². The molecular weight excluding hydrogens is 286 g/mol. The molecule has 1 nitrogen and oxygen atoms in total. The minimum Gasteiger partial charge on any atom is -0.295 e. The zero-order valence-corrected chi connectivity index (χ0v) is 15.6. The van der Waals surface area contributed by atoms with Crippen LogP contribution in [0.3, 0.4) is 0 Å². The van der Waals surface area contributed by atoms with Crippen LogP contribution in [0.25, 0.3) is 0 Å². The van der Waals surface area contributed by atoms with Gasteiger partial charge in [-0.15, -0.1) is 11.3 Å². The van der Waals surface area contributed by atoms with Crippen molar-refractivity contribution in [3.8, 4) is 0 Å². The van der Waals surface area contributed by atoms with Crippen LogP contribution in [0.1, 0.15) is 94.5 Å². The van der Waals surface area contributed by atoms with Gasteiger partial charge in [0.1, 0.15) is 0 Å². The Balaban J connectivity index is 1.48. The number of nitrogens with zero attached hydrogens (tertiary/aromatic N) is 1.